The lowest BCUT2D eigenvalue weighted by Crippen LogP contribution is -2.40. The Morgan fingerprint density at radius 2 is 2.14 bits per heavy atom. The summed E-state index contributed by atoms with van der Waals surface area (Å²) in [4.78, 5) is 24.5. The molecule has 0 aliphatic rings. The third kappa shape index (κ3) is 3.98. The molecule has 0 aromatic heterocycles. The smallest absolute Gasteiger partial charge is 0.326 e. The van der Waals surface area contributed by atoms with Gasteiger partial charge in [0.05, 0.1) is 12.7 Å². The number of likely N-dealkylation sites (N-methyl/N-ethyl adjacent to an activating group) is 1. The molecule has 0 saturated carbocycles. The molecule has 0 radical (unpaired) electrons. The Balaban J connectivity index is 3.12. The highest BCUT2D eigenvalue weighted by atomic mass is 16.5. The monoisotopic (exact) mass is 293 g/mol. The minimum Gasteiger partial charge on any atom is -0.497 e. The zero-order valence-corrected chi connectivity index (χ0v) is 12.3. The van der Waals surface area contributed by atoms with Crippen molar-refractivity contribution in [2.75, 3.05) is 20.8 Å². The highest BCUT2D eigenvalue weighted by Gasteiger charge is 2.25. The maximum absolute atomic E-state index is 12.4. The highest BCUT2D eigenvalue weighted by molar-refractivity contribution is 5.98. The fourth-order valence-electron chi connectivity index (χ4n) is 1.61. The lowest BCUT2D eigenvalue weighted by Gasteiger charge is -2.22. The summed E-state index contributed by atoms with van der Waals surface area (Å²) in [5, 5.41) is 8.98. The van der Waals surface area contributed by atoms with E-state index in [1.54, 1.807) is 24.3 Å². The molecule has 1 N–H and O–H groups in total. The van der Waals surface area contributed by atoms with Crippen LogP contribution >= 0.6 is 0 Å². The normalized spacial score (nSPS) is 11.4. The van der Waals surface area contributed by atoms with Crippen LogP contribution in [0.1, 0.15) is 17.3 Å². The number of methoxy groups -OCH3 is 1. The topological polar surface area (TPSA) is 76.1 Å². The van der Waals surface area contributed by atoms with Crippen molar-refractivity contribution in [1.29, 1.82) is 0 Å². The van der Waals surface area contributed by atoms with Crippen molar-refractivity contribution >= 4 is 11.9 Å². The number of aliphatic carboxylic acids is 1. The molecule has 0 saturated heterocycles. The summed E-state index contributed by atoms with van der Waals surface area (Å²) in [6.07, 6.45) is 1.55. The number of hydrogen-bond donors (Lipinski definition) is 1. The van der Waals surface area contributed by atoms with E-state index in [0.29, 0.717) is 11.5 Å². The summed E-state index contributed by atoms with van der Waals surface area (Å²) in [5.74, 6) is -0.650. The molecule has 1 unspecified atom stereocenters. The third-order valence-electron chi connectivity index (χ3n) is 3.03. The number of amides is 1. The van der Waals surface area contributed by atoms with Gasteiger partial charge in [0, 0.05) is 13.1 Å². The molecule has 0 aliphatic heterocycles. The first kappa shape index (κ1) is 16.6. The summed E-state index contributed by atoms with van der Waals surface area (Å²) in [7, 11) is 2.94. The minimum atomic E-state index is -1.08. The maximum Gasteiger partial charge on any atom is 0.326 e. The maximum atomic E-state index is 12.4. The molecule has 114 valence electrons. The Bertz CT molecular complexity index is 541. The number of carboxylic acid groups (broad SMARTS) is 1. The van der Waals surface area contributed by atoms with E-state index in [1.807, 2.05) is 0 Å². The number of ether oxygens (including phenoxy) is 2. The molecule has 1 aromatic rings. The summed E-state index contributed by atoms with van der Waals surface area (Å²) >= 11 is 0. The van der Waals surface area contributed by atoms with Crippen LogP contribution in [0.2, 0.25) is 0 Å². The summed E-state index contributed by atoms with van der Waals surface area (Å²) in [5.41, 5.74) is 0.272. The van der Waals surface area contributed by atoms with Gasteiger partial charge in [0.15, 0.2) is 0 Å². The highest BCUT2D eigenvalue weighted by Crippen LogP contribution is 2.26. The van der Waals surface area contributed by atoms with Crippen LogP contribution < -0.4 is 9.47 Å². The standard InChI is InChI=1S/C15H19NO5/c1-5-8-21-13-9-11(20-4)6-7-12(13)14(17)16(3)10(2)15(18)19/h5-7,9-10H,1,8H2,2-4H3,(H,18,19). The van der Waals surface area contributed by atoms with Crippen LogP contribution in [0, 0.1) is 0 Å². The molecule has 1 amide bonds. The van der Waals surface area contributed by atoms with Crippen LogP contribution in [0.15, 0.2) is 30.9 Å². The van der Waals surface area contributed by atoms with E-state index in [2.05, 4.69) is 6.58 Å². The number of hydrogen-bond acceptors (Lipinski definition) is 4. The van der Waals surface area contributed by atoms with Gasteiger partial charge in [-0.25, -0.2) is 4.79 Å². The molecule has 6 nitrogen and oxygen atoms in total. The number of nitrogens with zero attached hydrogens (tertiary/aromatic N) is 1. The summed E-state index contributed by atoms with van der Waals surface area (Å²) < 4.78 is 10.5. The fourth-order valence-corrected chi connectivity index (χ4v) is 1.61. The van der Waals surface area contributed by atoms with Gasteiger partial charge in [0.1, 0.15) is 24.1 Å². The second-order valence-corrected chi connectivity index (χ2v) is 4.39. The molecule has 0 heterocycles. The first-order valence-electron chi connectivity index (χ1n) is 6.34. The van der Waals surface area contributed by atoms with Crippen molar-refractivity contribution in [3.8, 4) is 11.5 Å². The number of carbonyl (C=O) groups excluding carboxylic acids is 1. The van der Waals surface area contributed by atoms with Crippen molar-refractivity contribution in [3.63, 3.8) is 0 Å². The van der Waals surface area contributed by atoms with Crippen molar-refractivity contribution in [1.82, 2.24) is 4.90 Å². The van der Waals surface area contributed by atoms with Crippen LogP contribution in [0.3, 0.4) is 0 Å². The lowest BCUT2D eigenvalue weighted by atomic mass is 10.1. The molecule has 0 bridgehead atoms. The van der Waals surface area contributed by atoms with Crippen molar-refractivity contribution in [3.05, 3.63) is 36.4 Å². The Morgan fingerprint density at radius 1 is 1.48 bits per heavy atom. The van der Waals surface area contributed by atoms with Crippen LogP contribution in [0.4, 0.5) is 0 Å². The van der Waals surface area contributed by atoms with E-state index in [1.165, 1.54) is 21.1 Å². The molecular weight excluding hydrogens is 274 g/mol. The number of rotatable bonds is 7. The van der Waals surface area contributed by atoms with Gasteiger partial charge in [-0.05, 0) is 19.1 Å². The van der Waals surface area contributed by atoms with Crippen molar-refractivity contribution in [2.45, 2.75) is 13.0 Å². The molecular formula is C15H19NO5. The first-order chi connectivity index (χ1) is 9.92. The molecule has 6 heteroatoms. The predicted octanol–water partition coefficient (Wildman–Crippen LogP) is 1.81. The van der Waals surface area contributed by atoms with E-state index in [4.69, 9.17) is 14.6 Å². The molecule has 0 fully saturated rings. The van der Waals surface area contributed by atoms with E-state index < -0.39 is 17.9 Å². The Hall–Kier alpha value is -2.50. The van der Waals surface area contributed by atoms with E-state index in [0.717, 1.165) is 4.90 Å². The van der Waals surface area contributed by atoms with Crippen LogP contribution in [-0.4, -0.2) is 48.7 Å². The van der Waals surface area contributed by atoms with Gasteiger partial charge in [-0.3, -0.25) is 4.79 Å². The van der Waals surface area contributed by atoms with Gasteiger partial charge in [-0.15, -0.1) is 0 Å². The first-order valence-corrected chi connectivity index (χ1v) is 6.34. The average molecular weight is 293 g/mol. The van der Waals surface area contributed by atoms with Gasteiger partial charge in [0.2, 0.25) is 0 Å². The Labute approximate surface area is 123 Å². The molecule has 0 spiro atoms. The zero-order chi connectivity index (χ0) is 16.0. The van der Waals surface area contributed by atoms with E-state index in [9.17, 15) is 9.59 Å². The lowest BCUT2D eigenvalue weighted by molar-refractivity contribution is -0.141. The van der Waals surface area contributed by atoms with Crippen LogP contribution in [0.25, 0.3) is 0 Å². The second-order valence-electron chi connectivity index (χ2n) is 4.39. The third-order valence-corrected chi connectivity index (χ3v) is 3.03. The van der Waals surface area contributed by atoms with Crippen molar-refractivity contribution < 1.29 is 24.2 Å². The van der Waals surface area contributed by atoms with Crippen molar-refractivity contribution in [2.24, 2.45) is 0 Å². The Morgan fingerprint density at radius 3 is 2.67 bits per heavy atom. The molecule has 21 heavy (non-hydrogen) atoms. The largest absolute Gasteiger partial charge is 0.497 e. The molecule has 1 aromatic carbocycles. The summed E-state index contributed by atoms with van der Waals surface area (Å²) in [6.45, 7) is 5.22. The van der Waals surface area contributed by atoms with Gasteiger partial charge < -0.3 is 19.5 Å². The van der Waals surface area contributed by atoms with Gasteiger partial charge in [-0.2, -0.15) is 0 Å². The average Bonchev–Trinajstić information content (AvgIpc) is 2.50. The number of benzene rings is 1. The number of carbonyl (C=O) groups is 2. The second kappa shape index (κ2) is 7.33. The fraction of sp³-hybridized carbons (Fsp3) is 0.333. The Kier molecular flexibility index (Phi) is 5.78. The minimum absolute atomic E-state index is 0.228. The number of carboxylic acids is 1. The molecule has 1 atom stereocenters. The SMILES string of the molecule is C=CCOc1cc(OC)ccc1C(=O)N(C)C(C)C(=O)O. The molecule has 0 aliphatic carbocycles. The van der Waals surface area contributed by atoms with Crippen LogP contribution in [0.5, 0.6) is 11.5 Å². The zero-order valence-electron chi connectivity index (χ0n) is 12.3. The van der Waals surface area contributed by atoms with Gasteiger partial charge in [0.25, 0.3) is 5.91 Å². The predicted molar refractivity (Wildman–Crippen MR) is 77.9 cm³/mol. The van der Waals surface area contributed by atoms with Gasteiger partial charge >= 0.3 is 5.97 Å². The molecule has 1 rings (SSSR count). The van der Waals surface area contributed by atoms with E-state index >= 15 is 0 Å². The summed E-state index contributed by atoms with van der Waals surface area (Å²) in [6, 6.07) is 3.81. The quantitative estimate of drug-likeness (QED) is 0.776. The van der Waals surface area contributed by atoms with Gasteiger partial charge in [-0.1, -0.05) is 12.7 Å². The van der Waals surface area contributed by atoms with Crippen LogP contribution in [-0.2, 0) is 4.79 Å². The van der Waals surface area contributed by atoms with E-state index in [-0.39, 0.29) is 12.2 Å².